The SMILES string of the molecule is NC(=O)CNC(=O)c1ccc(NC(=O)C2CC2)s1. The van der Waals surface area contributed by atoms with Gasteiger partial charge in [-0.3, -0.25) is 14.4 Å². The van der Waals surface area contributed by atoms with Crippen LogP contribution in [0.25, 0.3) is 0 Å². The van der Waals surface area contributed by atoms with Crippen molar-refractivity contribution in [3.63, 3.8) is 0 Å². The van der Waals surface area contributed by atoms with E-state index >= 15 is 0 Å². The molecule has 96 valence electrons. The number of hydrogen-bond acceptors (Lipinski definition) is 4. The van der Waals surface area contributed by atoms with Crippen molar-refractivity contribution in [2.45, 2.75) is 12.8 Å². The molecule has 1 aliphatic carbocycles. The summed E-state index contributed by atoms with van der Waals surface area (Å²) in [4.78, 5) is 34.0. The minimum Gasteiger partial charge on any atom is -0.368 e. The molecular weight excluding hydrogens is 254 g/mol. The fourth-order valence-electron chi connectivity index (χ4n) is 1.35. The Hall–Kier alpha value is -1.89. The average molecular weight is 267 g/mol. The summed E-state index contributed by atoms with van der Waals surface area (Å²) in [6.07, 6.45) is 1.87. The molecule has 0 bridgehead atoms. The molecule has 0 spiro atoms. The minimum absolute atomic E-state index is 0.000874. The molecule has 3 amide bonds. The van der Waals surface area contributed by atoms with Crippen LogP contribution in [0.4, 0.5) is 5.00 Å². The standard InChI is InChI=1S/C11H13N3O3S/c12-8(15)5-13-11(17)7-3-4-9(18-7)14-10(16)6-1-2-6/h3-4,6H,1-2,5H2,(H2,12,15)(H,13,17)(H,14,16). The number of hydrogen-bond donors (Lipinski definition) is 3. The Morgan fingerprint density at radius 2 is 2.06 bits per heavy atom. The van der Waals surface area contributed by atoms with Crippen LogP contribution in [0, 0.1) is 5.92 Å². The van der Waals surface area contributed by atoms with E-state index in [1.165, 1.54) is 11.3 Å². The first-order chi connectivity index (χ1) is 8.56. The van der Waals surface area contributed by atoms with Crippen molar-refractivity contribution in [2.24, 2.45) is 11.7 Å². The van der Waals surface area contributed by atoms with E-state index < -0.39 is 5.91 Å². The van der Waals surface area contributed by atoms with Gasteiger partial charge < -0.3 is 16.4 Å². The predicted molar refractivity (Wildman–Crippen MR) is 67.2 cm³/mol. The molecule has 1 saturated carbocycles. The number of primary amides is 1. The number of anilines is 1. The van der Waals surface area contributed by atoms with Crippen LogP contribution in [0.15, 0.2) is 12.1 Å². The number of amides is 3. The molecule has 0 saturated heterocycles. The molecule has 0 aliphatic heterocycles. The van der Waals surface area contributed by atoms with Gasteiger partial charge in [-0.1, -0.05) is 0 Å². The first-order valence-corrected chi connectivity index (χ1v) is 6.35. The molecule has 7 heteroatoms. The lowest BCUT2D eigenvalue weighted by atomic mass is 10.4. The zero-order valence-electron chi connectivity index (χ0n) is 9.56. The highest BCUT2D eigenvalue weighted by molar-refractivity contribution is 7.18. The van der Waals surface area contributed by atoms with E-state index in [0.717, 1.165) is 12.8 Å². The van der Waals surface area contributed by atoms with E-state index in [1.807, 2.05) is 0 Å². The topological polar surface area (TPSA) is 101 Å². The van der Waals surface area contributed by atoms with Crippen molar-refractivity contribution >= 4 is 34.1 Å². The van der Waals surface area contributed by atoms with E-state index in [1.54, 1.807) is 12.1 Å². The molecule has 1 aromatic rings. The van der Waals surface area contributed by atoms with Gasteiger partial charge in [-0.25, -0.2) is 0 Å². The molecule has 1 aliphatic rings. The number of carbonyl (C=O) groups excluding carboxylic acids is 3. The lowest BCUT2D eigenvalue weighted by molar-refractivity contribution is -0.118. The molecule has 18 heavy (non-hydrogen) atoms. The van der Waals surface area contributed by atoms with Crippen LogP contribution in [0.2, 0.25) is 0 Å². The predicted octanol–water partition coefficient (Wildman–Crippen LogP) is 0.312. The molecule has 0 atom stereocenters. The van der Waals surface area contributed by atoms with Crippen LogP contribution in [-0.2, 0) is 9.59 Å². The highest BCUT2D eigenvalue weighted by Gasteiger charge is 2.29. The Kier molecular flexibility index (Phi) is 3.61. The summed E-state index contributed by atoms with van der Waals surface area (Å²) in [5.41, 5.74) is 4.92. The smallest absolute Gasteiger partial charge is 0.261 e. The monoisotopic (exact) mass is 267 g/mol. The molecular formula is C11H13N3O3S. The second-order valence-electron chi connectivity index (χ2n) is 4.08. The van der Waals surface area contributed by atoms with Crippen molar-refractivity contribution in [1.82, 2.24) is 5.32 Å². The van der Waals surface area contributed by atoms with Crippen LogP contribution in [0.1, 0.15) is 22.5 Å². The molecule has 4 N–H and O–H groups in total. The van der Waals surface area contributed by atoms with Gasteiger partial charge in [-0.05, 0) is 25.0 Å². The number of nitrogens with one attached hydrogen (secondary N) is 2. The third kappa shape index (κ3) is 3.30. The van der Waals surface area contributed by atoms with E-state index in [0.29, 0.717) is 9.88 Å². The van der Waals surface area contributed by atoms with E-state index in [-0.39, 0.29) is 24.3 Å². The number of thiophene rings is 1. The van der Waals surface area contributed by atoms with Gasteiger partial charge in [0.25, 0.3) is 5.91 Å². The fourth-order valence-corrected chi connectivity index (χ4v) is 2.18. The second-order valence-corrected chi connectivity index (χ2v) is 5.16. The second kappa shape index (κ2) is 5.18. The largest absolute Gasteiger partial charge is 0.368 e. The highest BCUT2D eigenvalue weighted by atomic mass is 32.1. The van der Waals surface area contributed by atoms with Gasteiger partial charge in [0.1, 0.15) is 0 Å². The Bertz CT molecular complexity index is 493. The highest BCUT2D eigenvalue weighted by Crippen LogP contribution is 2.31. The first-order valence-electron chi connectivity index (χ1n) is 5.53. The molecule has 0 unspecified atom stereocenters. The van der Waals surface area contributed by atoms with Crippen LogP contribution in [0.5, 0.6) is 0 Å². The van der Waals surface area contributed by atoms with Gasteiger partial charge in [0.05, 0.1) is 16.4 Å². The van der Waals surface area contributed by atoms with Gasteiger partial charge in [0.2, 0.25) is 11.8 Å². The molecule has 6 nitrogen and oxygen atoms in total. The van der Waals surface area contributed by atoms with Crippen LogP contribution < -0.4 is 16.4 Å². The van der Waals surface area contributed by atoms with E-state index in [4.69, 9.17) is 5.73 Å². The Morgan fingerprint density at radius 3 is 2.67 bits per heavy atom. The van der Waals surface area contributed by atoms with Crippen molar-refractivity contribution < 1.29 is 14.4 Å². The summed E-state index contributed by atoms with van der Waals surface area (Å²) in [6.45, 7) is -0.194. The van der Waals surface area contributed by atoms with E-state index in [2.05, 4.69) is 10.6 Å². The van der Waals surface area contributed by atoms with Crippen molar-refractivity contribution in [2.75, 3.05) is 11.9 Å². The lowest BCUT2D eigenvalue weighted by Gasteiger charge is -2.00. The third-order valence-electron chi connectivity index (χ3n) is 2.45. The number of rotatable bonds is 5. The Morgan fingerprint density at radius 1 is 1.33 bits per heavy atom. The van der Waals surface area contributed by atoms with Crippen LogP contribution in [-0.4, -0.2) is 24.3 Å². The van der Waals surface area contributed by atoms with Crippen LogP contribution in [0.3, 0.4) is 0 Å². The maximum absolute atomic E-state index is 11.6. The zero-order valence-corrected chi connectivity index (χ0v) is 10.4. The molecule has 2 rings (SSSR count). The van der Waals surface area contributed by atoms with Gasteiger partial charge >= 0.3 is 0 Å². The summed E-state index contributed by atoms with van der Waals surface area (Å²) in [6, 6.07) is 3.27. The maximum Gasteiger partial charge on any atom is 0.261 e. The lowest BCUT2D eigenvalue weighted by Crippen LogP contribution is -2.32. The Labute approximate surface area is 108 Å². The first kappa shape index (κ1) is 12.6. The fraction of sp³-hybridized carbons (Fsp3) is 0.364. The normalized spacial score (nSPS) is 14.0. The van der Waals surface area contributed by atoms with Crippen molar-refractivity contribution in [1.29, 1.82) is 0 Å². The molecule has 0 aromatic carbocycles. The molecule has 1 aromatic heterocycles. The summed E-state index contributed by atoms with van der Waals surface area (Å²) in [5.74, 6) is -0.840. The summed E-state index contributed by atoms with van der Waals surface area (Å²) < 4.78 is 0. The zero-order chi connectivity index (χ0) is 13.1. The van der Waals surface area contributed by atoms with Gasteiger partial charge in [0, 0.05) is 5.92 Å². The number of nitrogens with two attached hydrogens (primary N) is 1. The maximum atomic E-state index is 11.6. The average Bonchev–Trinajstić information content (AvgIpc) is 3.07. The van der Waals surface area contributed by atoms with Gasteiger partial charge in [-0.2, -0.15) is 0 Å². The summed E-state index contributed by atoms with van der Waals surface area (Å²) in [5, 5.41) is 5.77. The molecule has 0 radical (unpaired) electrons. The molecule has 1 fully saturated rings. The summed E-state index contributed by atoms with van der Waals surface area (Å²) in [7, 11) is 0. The van der Waals surface area contributed by atoms with Crippen molar-refractivity contribution in [3.8, 4) is 0 Å². The van der Waals surface area contributed by atoms with Gasteiger partial charge in [-0.15, -0.1) is 11.3 Å². The molecule has 1 heterocycles. The minimum atomic E-state index is -0.595. The Balaban J connectivity index is 1.90. The summed E-state index contributed by atoms with van der Waals surface area (Å²) >= 11 is 1.17. The van der Waals surface area contributed by atoms with Gasteiger partial charge in [0.15, 0.2) is 0 Å². The van der Waals surface area contributed by atoms with Crippen molar-refractivity contribution in [3.05, 3.63) is 17.0 Å². The quantitative estimate of drug-likeness (QED) is 0.715. The number of carbonyl (C=O) groups is 3. The van der Waals surface area contributed by atoms with Crippen LogP contribution >= 0.6 is 11.3 Å². The third-order valence-corrected chi connectivity index (χ3v) is 3.45. The van der Waals surface area contributed by atoms with E-state index in [9.17, 15) is 14.4 Å².